The van der Waals surface area contributed by atoms with Crippen LogP contribution in [0, 0.1) is 0 Å². The number of hydrogen-bond donors (Lipinski definition) is 1. The van der Waals surface area contributed by atoms with Crippen molar-refractivity contribution in [3.8, 4) is 17.1 Å². The zero-order valence-corrected chi connectivity index (χ0v) is 13.6. The standard InChI is InChI=1S/C15H16N4O3S/c1-3-4-10-7-11(22-23(2,20)21)5-6-12(10)14-18-13-8-16-9-17-15(13)19-14/h5-9H,3-4H2,1-2H3,(H,16,17,18,19). The van der Waals surface area contributed by atoms with Crippen LogP contribution in [0.4, 0.5) is 0 Å². The second-order valence-electron chi connectivity index (χ2n) is 5.20. The van der Waals surface area contributed by atoms with Gasteiger partial charge in [-0.05, 0) is 30.2 Å². The van der Waals surface area contributed by atoms with Crippen molar-refractivity contribution >= 4 is 21.3 Å². The van der Waals surface area contributed by atoms with Gasteiger partial charge in [0.1, 0.15) is 23.4 Å². The van der Waals surface area contributed by atoms with Gasteiger partial charge in [0.05, 0.1) is 12.5 Å². The summed E-state index contributed by atoms with van der Waals surface area (Å²) >= 11 is 0. The van der Waals surface area contributed by atoms with Crippen molar-refractivity contribution in [1.82, 2.24) is 19.9 Å². The maximum Gasteiger partial charge on any atom is 0.306 e. The highest BCUT2D eigenvalue weighted by Crippen LogP contribution is 2.28. The third-order valence-corrected chi connectivity index (χ3v) is 3.76. The average Bonchev–Trinajstić information content (AvgIpc) is 2.89. The van der Waals surface area contributed by atoms with Gasteiger partial charge in [-0.2, -0.15) is 8.42 Å². The smallest absolute Gasteiger partial charge is 0.306 e. The molecule has 23 heavy (non-hydrogen) atoms. The quantitative estimate of drug-likeness (QED) is 0.720. The van der Waals surface area contributed by atoms with Crippen LogP contribution in [0.5, 0.6) is 5.75 Å². The molecule has 1 aromatic carbocycles. The van der Waals surface area contributed by atoms with E-state index >= 15 is 0 Å². The van der Waals surface area contributed by atoms with Crippen molar-refractivity contribution in [2.24, 2.45) is 0 Å². The summed E-state index contributed by atoms with van der Waals surface area (Å²) in [6, 6.07) is 5.16. The van der Waals surface area contributed by atoms with Gasteiger partial charge in [0.15, 0.2) is 5.65 Å². The van der Waals surface area contributed by atoms with Crippen LogP contribution in [-0.2, 0) is 16.5 Å². The fraction of sp³-hybridized carbons (Fsp3) is 0.267. The van der Waals surface area contributed by atoms with Crippen LogP contribution in [0.1, 0.15) is 18.9 Å². The van der Waals surface area contributed by atoms with E-state index in [1.165, 1.54) is 6.33 Å². The Morgan fingerprint density at radius 2 is 2.13 bits per heavy atom. The predicted octanol–water partition coefficient (Wildman–Crippen LogP) is 2.31. The van der Waals surface area contributed by atoms with Crippen molar-refractivity contribution in [3.63, 3.8) is 0 Å². The molecule has 0 aliphatic heterocycles. The van der Waals surface area contributed by atoms with Gasteiger partial charge in [0, 0.05) is 5.56 Å². The first-order valence-electron chi connectivity index (χ1n) is 7.15. The number of benzene rings is 1. The van der Waals surface area contributed by atoms with Gasteiger partial charge in [-0.25, -0.2) is 15.0 Å². The van der Waals surface area contributed by atoms with Gasteiger partial charge in [-0.15, -0.1) is 0 Å². The minimum absolute atomic E-state index is 0.301. The second kappa shape index (κ2) is 5.96. The molecule has 0 amide bonds. The zero-order valence-electron chi connectivity index (χ0n) is 12.8. The molecule has 7 nitrogen and oxygen atoms in total. The minimum Gasteiger partial charge on any atom is -0.383 e. The van der Waals surface area contributed by atoms with Crippen molar-refractivity contribution in [2.45, 2.75) is 19.8 Å². The molecule has 120 valence electrons. The highest BCUT2D eigenvalue weighted by Gasteiger charge is 2.13. The number of aromatic nitrogens is 4. The van der Waals surface area contributed by atoms with Crippen LogP contribution in [-0.4, -0.2) is 34.6 Å². The van der Waals surface area contributed by atoms with Gasteiger partial charge in [-0.3, -0.25) is 0 Å². The molecule has 0 bridgehead atoms. The first-order valence-corrected chi connectivity index (χ1v) is 8.96. The molecule has 1 N–H and O–H groups in total. The fourth-order valence-electron chi connectivity index (χ4n) is 2.39. The van der Waals surface area contributed by atoms with E-state index < -0.39 is 10.1 Å². The van der Waals surface area contributed by atoms with Gasteiger partial charge < -0.3 is 9.17 Å². The number of nitrogens with one attached hydrogen (secondary N) is 1. The highest BCUT2D eigenvalue weighted by molar-refractivity contribution is 7.86. The topological polar surface area (TPSA) is 97.8 Å². The Labute approximate surface area is 133 Å². The van der Waals surface area contributed by atoms with Crippen molar-refractivity contribution in [2.75, 3.05) is 6.26 Å². The Hall–Kier alpha value is -2.48. The van der Waals surface area contributed by atoms with Gasteiger partial charge in [0.2, 0.25) is 0 Å². The monoisotopic (exact) mass is 332 g/mol. The van der Waals surface area contributed by atoms with Crippen LogP contribution in [0.3, 0.4) is 0 Å². The summed E-state index contributed by atoms with van der Waals surface area (Å²) in [5, 5.41) is 0. The third-order valence-electron chi connectivity index (χ3n) is 3.26. The number of hydrogen-bond acceptors (Lipinski definition) is 6. The summed E-state index contributed by atoms with van der Waals surface area (Å²) in [6.45, 7) is 2.05. The zero-order chi connectivity index (χ0) is 16.4. The SMILES string of the molecule is CCCc1cc(OS(C)(=O)=O)ccc1-c1nc2ncncc2[nH]1. The molecule has 0 saturated carbocycles. The summed E-state index contributed by atoms with van der Waals surface area (Å²) in [5.74, 6) is 0.977. The molecule has 0 fully saturated rings. The molecule has 8 heteroatoms. The Morgan fingerprint density at radius 1 is 1.30 bits per heavy atom. The lowest BCUT2D eigenvalue weighted by Gasteiger charge is -2.09. The van der Waals surface area contributed by atoms with Gasteiger partial charge in [-0.1, -0.05) is 13.3 Å². The lowest BCUT2D eigenvalue weighted by molar-refractivity contribution is 0.492. The number of aryl methyl sites for hydroxylation is 1. The predicted molar refractivity (Wildman–Crippen MR) is 86.6 cm³/mol. The van der Waals surface area contributed by atoms with E-state index in [1.807, 2.05) is 0 Å². The lowest BCUT2D eigenvalue weighted by atomic mass is 10.0. The Morgan fingerprint density at radius 3 is 2.83 bits per heavy atom. The van der Waals surface area contributed by atoms with E-state index in [9.17, 15) is 8.42 Å². The molecular weight excluding hydrogens is 316 g/mol. The molecule has 2 heterocycles. The lowest BCUT2D eigenvalue weighted by Crippen LogP contribution is -2.06. The van der Waals surface area contributed by atoms with E-state index in [0.717, 1.165) is 35.7 Å². The van der Waals surface area contributed by atoms with E-state index in [1.54, 1.807) is 24.4 Å². The van der Waals surface area contributed by atoms with Crippen molar-refractivity contribution in [1.29, 1.82) is 0 Å². The molecular formula is C15H16N4O3S. The van der Waals surface area contributed by atoms with Crippen LogP contribution >= 0.6 is 0 Å². The minimum atomic E-state index is -3.55. The molecule has 0 unspecified atom stereocenters. The first-order chi connectivity index (χ1) is 11.0. The summed E-state index contributed by atoms with van der Waals surface area (Å²) in [4.78, 5) is 15.7. The van der Waals surface area contributed by atoms with Gasteiger partial charge >= 0.3 is 10.1 Å². The van der Waals surface area contributed by atoms with Crippen LogP contribution in [0.2, 0.25) is 0 Å². The number of fused-ring (bicyclic) bond motifs is 1. The maximum absolute atomic E-state index is 11.3. The first kappa shape index (κ1) is 15.4. The average molecular weight is 332 g/mol. The Balaban J connectivity index is 2.06. The summed E-state index contributed by atoms with van der Waals surface area (Å²) in [7, 11) is -3.55. The largest absolute Gasteiger partial charge is 0.383 e. The fourth-order valence-corrected chi connectivity index (χ4v) is 2.85. The second-order valence-corrected chi connectivity index (χ2v) is 6.78. The molecule has 0 aliphatic rings. The van der Waals surface area contributed by atoms with Crippen molar-refractivity contribution in [3.05, 3.63) is 36.3 Å². The molecule has 3 rings (SSSR count). The molecule has 2 aromatic heterocycles. The van der Waals surface area contributed by atoms with Crippen molar-refractivity contribution < 1.29 is 12.6 Å². The number of aromatic amines is 1. The molecule has 0 spiro atoms. The summed E-state index contributed by atoms with van der Waals surface area (Å²) < 4.78 is 27.5. The number of nitrogens with zero attached hydrogens (tertiary/aromatic N) is 3. The van der Waals surface area contributed by atoms with Crippen LogP contribution in [0.25, 0.3) is 22.6 Å². The summed E-state index contributed by atoms with van der Waals surface area (Å²) in [6.07, 6.45) is 5.83. The van der Waals surface area contributed by atoms with E-state index in [2.05, 4.69) is 26.9 Å². The Bertz CT molecular complexity index is 917. The molecule has 0 radical (unpaired) electrons. The third kappa shape index (κ3) is 3.48. The van der Waals surface area contributed by atoms with Gasteiger partial charge in [0.25, 0.3) is 0 Å². The molecule has 0 atom stereocenters. The normalized spacial score (nSPS) is 11.7. The van der Waals surface area contributed by atoms with Crippen LogP contribution < -0.4 is 4.18 Å². The van der Waals surface area contributed by atoms with E-state index in [0.29, 0.717) is 17.2 Å². The van der Waals surface area contributed by atoms with E-state index in [4.69, 9.17) is 4.18 Å². The Kier molecular flexibility index (Phi) is 3.99. The molecule has 3 aromatic rings. The highest BCUT2D eigenvalue weighted by atomic mass is 32.2. The van der Waals surface area contributed by atoms with Crippen LogP contribution in [0.15, 0.2) is 30.7 Å². The number of rotatable bonds is 5. The number of H-pyrrole nitrogens is 1. The number of imidazole rings is 1. The molecule has 0 aliphatic carbocycles. The molecule has 0 saturated heterocycles. The van der Waals surface area contributed by atoms with E-state index in [-0.39, 0.29) is 0 Å². The maximum atomic E-state index is 11.3. The summed E-state index contributed by atoms with van der Waals surface area (Å²) in [5.41, 5.74) is 3.20.